The highest BCUT2D eigenvalue weighted by molar-refractivity contribution is 6.31. The van der Waals surface area contributed by atoms with E-state index < -0.39 is 5.82 Å². The quantitative estimate of drug-likeness (QED) is 0.852. The second kappa shape index (κ2) is 5.82. The Labute approximate surface area is 98.2 Å². The largest absolute Gasteiger partial charge is 0.396 e. The predicted octanol–water partition coefficient (Wildman–Crippen LogP) is 1.98. The van der Waals surface area contributed by atoms with Gasteiger partial charge in [0.25, 0.3) is 5.91 Å². The van der Waals surface area contributed by atoms with Crippen LogP contribution in [-0.4, -0.2) is 23.7 Å². The molecule has 0 aromatic heterocycles. The Kier molecular flexibility index (Phi) is 4.71. The molecule has 0 heterocycles. The lowest BCUT2D eigenvalue weighted by Gasteiger charge is -2.12. The van der Waals surface area contributed by atoms with E-state index in [-0.39, 0.29) is 23.6 Å². The van der Waals surface area contributed by atoms with Crippen molar-refractivity contribution in [3.8, 4) is 0 Å². The molecule has 88 valence electrons. The lowest BCUT2D eigenvalue weighted by Crippen LogP contribution is -2.33. The molecular weight excluding hydrogens is 233 g/mol. The van der Waals surface area contributed by atoms with E-state index in [0.29, 0.717) is 12.0 Å². The number of benzene rings is 1. The number of rotatable bonds is 4. The zero-order valence-electron chi connectivity index (χ0n) is 8.84. The van der Waals surface area contributed by atoms with Gasteiger partial charge in [-0.1, -0.05) is 11.6 Å². The molecule has 2 N–H and O–H groups in total. The van der Waals surface area contributed by atoms with E-state index in [1.807, 2.05) is 0 Å². The molecule has 0 saturated carbocycles. The molecule has 0 spiro atoms. The molecule has 0 fully saturated rings. The number of hydrogen-bond acceptors (Lipinski definition) is 2. The molecule has 0 aliphatic rings. The van der Waals surface area contributed by atoms with Crippen LogP contribution < -0.4 is 5.32 Å². The fraction of sp³-hybridized carbons (Fsp3) is 0.364. The van der Waals surface area contributed by atoms with Gasteiger partial charge in [-0.05, 0) is 31.5 Å². The highest BCUT2D eigenvalue weighted by Gasteiger charge is 2.11. The van der Waals surface area contributed by atoms with Crippen LogP contribution in [0.3, 0.4) is 0 Å². The average Bonchev–Trinajstić information content (AvgIpc) is 2.22. The normalized spacial score (nSPS) is 12.2. The summed E-state index contributed by atoms with van der Waals surface area (Å²) in [5.74, 6) is -0.885. The number of aliphatic hydroxyl groups excluding tert-OH is 1. The minimum absolute atomic E-state index is 0.00558. The van der Waals surface area contributed by atoms with E-state index in [4.69, 9.17) is 16.7 Å². The van der Waals surface area contributed by atoms with Crippen molar-refractivity contribution in [3.63, 3.8) is 0 Å². The third-order valence-electron chi connectivity index (χ3n) is 2.12. The van der Waals surface area contributed by atoms with Gasteiger partial charge in [-0.2, -0.15) is 0 Å². The molecule has 1 amide bonds. The first-order chi connectivity index (χ1) is 7.54. The van der Waals surface area contributed by atoms with Crippen molar-refractivity contribution in [2.75, 3.05) is 6.61 Å². The standard InChI is InChI=1S/C11H13ClFNO2/c1-7(4-5-15)14-11(16)8-2-3-10(13)9(12)6-8/h2-3,6-7,15H,4-5H2,1H3,(H,14,16). The fourth-order valence-corrected chi connectivity index (χ4v) is 1.39. The molecule has 16 heavy (non-hydrogen) atoms. The first-order valence-corrected chi connectivity index (χ1v) is 5.29. The molecule has 0 saturated heterocycles. The Bertz CT molecular complexity index is 384. The average molecular weight is 246 g/mol. The molecule has 5 heteroatoms. The van der Waals surface area contributed by atoms with Gasteiger partial charge in [0.2, 0.25) is 0 Å². The lowest BCUT2D eigenvalue weighted by atomic mass is 10.2. The van der Waals surface area contributed by atoms with Crippen LogP contribution in [0.2, 0.25) is 5.02 Å². The zero-order chi connectivity index (χ0) is 12.1. The highest BCUT2D eigenvalue weighted by atomic mass is 35.5. The van der Waals surface area contributed by atoms with Gasteiger partial charge in [0.15, 0.2) is 0 Å². The number of aliphatic hydroxyl groups is 1. The summed E-state index contributed by atoms with van der Waals surface area (Å²) in [4.78, 5) is 11.6. The predicted molar refractivity (Wildman–Crippen MR) is 60.0 cm³/mol. The Hall–Kier alpha value is -1.13. The molecule has 1 aromatic carbocycles. The van der Waals surface area contributed by atoms with E-state index in [1.54, 1.807) is 6.92 Å². The van der Waals surface area contributed by atoms with Gasteiger partial charge >= 0.3 is 0 Å². The third-order valence-corrected chi connectivity index (χ3v) is 2.41. The van der Waals surface area contributed by atoms with Crippen molar-refractivity contribution in [1.29, 1.82) is 0 Å². The fourth-order valence-electron chi connectivity index (χ4n) is 1.21. The van der Waals surface area contributed by atoms with Crippen molar-refractivity contribution >= 4 is 17.5 Å². The van der Waals surface area contributed by atoms with Gasteiger partial charge in [0.1, 0.15) is 5.82 Å². The summed E-state index contributed by atoms with van der Waals surface area (Å²) in [6.45, 7) is 1.78. The number of nitrogens with one attached hydrogen (secondary N) is 1. The zero-order valence-corrected chi connectivity index (χ0v) is 9.59. The highest BCUT2D eigenvalue weighted by Crippen LogP contribution is 2.16. The Balaban J connectivity index is 2.69. The summed E-state index contributed by atoms with van der Waals surface area (Å²) in [7, 11) is 0. The van der Waals surface area contributed by atoms with E-state index in [9.17, 15) is 9.18 Å². The Morgan fingerprint density at radius 2 is 2.31 bits per heavy atom. The molecular formula is C11H13ClFNO2. The van der Waals surface area contributed by atoms with Crippen LogP contribution in [0, 0.1) is 5.82 Å². The van der Waals surface area contributed by atoms with Gasteiger partial charge in [-0.3, -0.25) is 4.79 Å². The van der Waals surface area contributed by atoms with Crippen molar-refractivity contribution < 1.29 is 14.3 Å². The van der Waals surface area contributed by atoms with Crippen LogP contribution in [0.25, 0.3) is 0 Å². The first-order valence-electron chi connectivity index (χ1n) is 4.91. The van der Waals surface area contributed by atoms with Crippen molar-refractivity contribution in [2.45, 2.75) is 19.4 Å². The molecule has 3 nitrogen and oxygen atoms in total. The monoisotopic (exact) mass is 245 g/mol. The van der Waals surface area contributed by atoms with Crippen LogP contribution in [-0.2, 0) is 0 Å². The van der Waals surface area contributed by atoms with E-state index in [2.05, 4.69) is 5.32 Å². The summed E-state index contributed by atoms with van der Waals surface area (Å²) < 4.78 is 12.8. The van der Waals surface area contributed by atoms with Gasteiger partial charge in [0, 0.05) is 18.2 Å². The summed E-state index contributed by atoms with van der Waals surface area (Å²) in [6, 6.07) is 3.65. The second-order valence-electron chi connectivity index (χ2n) is 3.52. The van der Waals surface area contributed by atoms with Crippen molar-refractivity contribution in [1.82, 2.24) is 5.32 Å². The van der Waals surface area contributed by atoms with Crippen LogP contribution in [0.15, 0.2) is 18.2 Å². The summed E-state index contributed by atoms with van der Waals surface area (Å²) in [5.41, 5.74) is 0.302. The van der Waals surface area contributed by atoms with Gasteiger partial charge in [-0.15, -0.1) is 0 Å². The van der Waals surface area contributed by atoms with Crippen molar-refractivity contribution in [3.05, 3.63) is 34.6 Å². The van der Waals surface area contributed by atoms with Crippen LogP contribution in [0.5, 0.6) is 0 Å². The number of amides is 1. The summed E-state index contributed by atoms with van der Waals surface area (Å²) in [5, 5.41) is 11.3. The van der Waals surface area contributed by atoms with E-state index >= 15 is 0 Å². The molecule has 0 aliphatic heterocycles. The minimum Gasteiger partial charge on any atom is -0.396 e. The van der Waals surface area contributed by atoms with E-state index in [0.717, 1.165) is 6.07 Å². The Morgan fingerprint density at radius 1 is 1.62 bits per heavy atom. The minimum atomic E-state index is -0.554. The molecule has 1 atom stereocenters. The number of halogens is 2. The topological polar surface area (TPSA) is 49.3 Å². The van der Waals surface area contributed by atoms with Crippen LogP contribution in [0.1, 0.15) is 23.7 Å². The summed E-state index contributed by atoms with van der Waals surface area (Å²) in [6.07, 6.45) is 0.473. The molecule has 0 radical (unpaired) electrons. The van der Waals surface area contributed by atoms with Gasteiger partial charge < -0.3 is 10.4 Å². The SMILES string of the molecule is CC(CCO)NC(=O)c1ccc(F)c(Cl)c1. The smallest absolute Gasteiger partial charge is 0.251 e. The number of carbonyl (C=O) groups is 1. The third kappa shape index (κ3) is 3.47. The molecule has 1 aromatic rings. The van der Waals surface area contributed by atoms with E-state index in [1.165, 1.54) is 12.1 Å². The van der Waals surface area contributed by atoms with Gasteiger partial charge in [0.05, 0.1) is 5.02 Å². The van der Waals surface area contributed by atoms with Crippen LogP contribution >= 0.6 is 11.6 Å². The Morgan fingerprint density at radius 3 is 2.88 bits per heavy atom. The maximum atomic E-state index is 12.8. The molecule has 0 aliphatic carbocycles. The van der Waals surface area contributed by atoms with Crippen LogP contribution in [0.4, 0.5) is 4.39 Å². The molecule has 1 unspecified atom stereocenters. The molecule has 1 rings (SSSR count). The number of carbonyl (C=O) groups excluding carboxylic acids is 1. The molecule has 0 bridgehead atoms. The maximum Gasteiger partial charge on any atom is 0.251 e. The first kappa shape index (κ1) is 12.9. The van der Waals surface area contributed by atoms with Crippen molar-refractivity contribution in [2.24, 2.45) is 0 Å². The maximum absolute atomic E-state index is 12.8. The van der Waals surface area contributed by atoms with Gasteiger partial charge in [-0.25, -0.2) is 4.39 Å². The lowest BCUT2D eigenvalue weighted by molar-refractivity contribution is 0.0934. The second-order valence-corrected chi connectivity index (χ2v) is 3.92. The summed E-state index contributed by atoms with van der Waals surface area (Å²) >= 11 is 5.56. The number of hydrogen-bond donors (Lipinski definition) is 2.